The van der Waals surface area contributed by atoms with Crippen LogP contribution >= 0.6 is 0 Å². The summed E-state index contributed by atoms with van der Waals surface area (Å²) in [6.07, 6.45) is 0. The Hall–Kier alpha value is -4.18. The summed E-state index contributed by atoms with van der Waals surface area (Å²) < 4.78 is 0. The maximum atomic E-state index is 13.7. The molecule has 0 fully saturated rings. The van der Waals surface area contributed by atoms with Crippen molar-refractivity contribution in [1.82, 2.24) is 0 Å². The molecule has 0 bridgehead atoms. The third-order valence-corrected chi connectivity index (χ3v) is 6.79. The highest BCUT2D eigenvalue weighted by molar-refractivity contribution is 6.32. The molecule has 1 aliphatic rings. The number of carbonyl (C=O) groups is 2. The monoisotopic (exact) mass is 474 g/mol. The summed E-state index contributed by atoms with van der Waals surface area (Å²) in [5, 5.41) is 6.78. The third kappa shape index (κ3) is 4.31. The topological polar surface area (TPSA) is 58.2 Å². The minimum Gasteiger partial charge on any atom is -0.355 e. The molecule has 180 valence electrons. The van der Waals surface area contributed by atoms with Crippen molar-refractivity contribution in [3.05, 3.63) is 118 Å². The van der Waals surface area contributed by atoms with E-state index in [4.69, 9.17) is 0 Å². The number of ketones is 2. The highest BCUT2D eigenvalue weighted by atomic mass is 16.1. The first-order valence-corrected chi connectivity index (χ1v) is 12.4. The summed E-state index contributed by atoms with van der Waals surface area (Å²) in [6, 6.07) is 27.2. The summed E-state index contributed by atoms with van der Waals surface area (Å²) in [5.41, 5.74) is 7.13. The average Bonchev–Trinajstić information content (AvgIpc) is 2.88. The van der Waals surface area contributed by atoms with E-state index in [1.165, 1.54) is 11.1 Å². The van der Waals surface area contributed by atoms with Crippen LogP contribution in [0.4, 0.5) is 22.7 Å². The van der Waals surface area contributed by atoms with Crippen LogP contribution in [0.3, 0.4) is 0 Å². The van der Waals surface area contributed by atoms with Crippen LogP contribution in [0.25, 0.3) is 0 Å². The fraction of sp³-hybridized carbons (Fsp3) is 0.188. The van der Waals surface area contributed by atoms with E-state index in [1.54, 1.807) is 24.3 Å². The second-order valence-corrected chi connectivity index (χ2v) is 9.92. The van der Waals surface area contributed by atoms with Crippen LogP contribution in [0, 0.1) is 0 Å². The quantitative estimate of drug-likeness (QED) is 0.260. The molecule has 0 saturated heterocycles. The molecule has 0 saturated carbocycles. The van der Waals surface area contributed by atoms with Gasteiger partial charge in [0.2, 0.25) is 0 Å². The van der Waals surface area contributed by atoms with Crippen molar-refractivity contribution in [2.75, 3.05) is 10.6 Å². The zero-order chi connectivity index (χ0) is 25.4. The summed E-state index contributed by atoms with van der Waals surface area (Å²) in [5.74, 6) is 0.561. The summed E-state index contributed by atoms with van der Waals surface area (Å²) in [4.78, 5) is 27.4. The molecule has 0 aliphatic heterocycles. The van der Waals surface area contributed by atoms with E-state index in [9.17, 15) is 9.59 Å². The Morgan fingerprint density at radius 2 is 0.861 bits per heavy atom. The smallest absolute Gasteiger partial charge is 0.196 e. The van der Waals surface area contributed by atoms with Crippen LogP contribution in [0.5, 0.6) is 0 Å². The van der Waals surface area contributed by atoms with Crippen LogP contribution in [-0.4, -0.2) is 11.6 Å². The molecule has 0 amide bonds. The third-order valence-electron chi connectivity index (χ3n) is 6.79. The predicted molar refractivity (Wildman–Crippen MR) is 147 cm³/mol. The van der Waals surface area contributed by atoms with Crippen LogP contribution in [0.2, 0.25) is 0 Å². The van der Waals surface area contributed by atoms with Crippen LogP contribution < -0.4 is 10.6 Å². The molecule has 0 aromatic heterocycles. The van der Waals surface area contributed by atoms with E-state index in [1.807, 2.05) is 36.4 Å². The van der Waals surface area contributed by atoms with Gasteiger partial charge >= 0.3 is 0 Å². The summed E-state index contributed by atoms with van der Waals surface area (Å²) >= 11 is 0. The van der Waals surface area contributed by atoms with E-state index in [-0.39, 0.29) is 11.6 Å². The van der Waals surface area contributed by atoms with Gasteiger partial charge in [0, 0.05) is 22.5 Å². The Balaban J connectivity index is 1.59. The molecule has 0 radical (unpaired) electrons. The first kappa shape index (κ1) is 23.6. The van der Waals surface area contributed by atoms with E-state index >= 15 is 0 Å². The standard InChI is InChI=1S/C32H30N2O2/c1-19(2)21-9-13-23(14-10-21)33-27-17-18-28(34-24-15-11-22(12-16-24)20(3)4)30-29(27)31(35)25-7-5-6-8-26(25)32(30)36/h5-20,33-34H,1-4H3. The van der Waals surface area contributed by atoms with Gasteiger partial charge in [0.25, 0.3) is 0 Å². The van der Waals surface area contributed by atoms with Crippen molar-refractivity contribution in [1.29, 1.82) is 0 Å². The average molecular weight is 475 g/mol. The lowest BCUT2D eigenvalue weighted by Gasteiger charge is -2.24. The predicted octanol–water partition coefficient (Wildman–Crippen LogP) is 8.20. The van der Waals surface area contributed by atoms with E-state index < -0.39 is 0 Å². The number of carbonyl (C=O) groups excluding carboxylic acids is 2. The Bertz CT molecular complexity index is 1340. The fourth-order valence-electron chi connectivity index (χ4n) is 4.64. The number of rotatable bonds is 6. The van der Waals surface area contributed by atoms with Crippen molar-refractivity contribution in [3.8, 4) is 0 Å². The van der Waals surface area contributed by atoms with Gasteiger partial charge in [-0.05, 0) is 59.4 Å². The molecule has 4 heteroatoms. The van der Waals surface area contributed by atoms with Crippen LogP contribution in [-0.2, 0) is 0 Å². The molecule has 36 heavy (non-hydrogen) atoms. The maximum absolute atomic E-state index is 13.7. The van der Waals surface area contributed by atoms with Crippen molar-refractivity contribution in [2.24, 2.45) is 0 Å². The highest BCUT2D eigenvalue weighted by Gasteiger charge is 2.34. The molecule has 0 unspecified atom stereocenters. The van der Waals surface area contributed by atoms with E-state index in [0.717, 1.165) is 11.4 Å². The Labute approximate surface area is 212 Å². The highest BCUT2D eigenvalue weighted by Crippen LogP contribution is 2.38. The lowest BCUT2D eigenvalue weighted by Crippen LogP contribution is -2.23. The minimum absolute atomic E-state index is 0.152. The van der Waals surface area contributed by atoms with E-state index in [2.05, 4.69) is 62.6 Å². The first-order chi connectivity index (χ1) is 17.3. The van der Waals surface area contributed by atoms with Crippen molar-refractivity contribution in [3.63, 3.8) is 0 Å². The second kappa shape index (κ2) is 9.46. The lowest BCUT2D eigenvalue weighted by atomic mass is 9.82. The van der Waals surface area contributed by atoms with Gasteiger partial charge in [-0.15, -0.1) is 0 Å². The zero-order valence-electron chi connectivity index (χ0n) is 21.1. The number of fused-ring (bicyclic) bond motifs is 2. The number of benzene rings is 4. The minimum atomic E-state index is -0.152. The first-order valence-electron chi connectivity index (χ1n) is 12.4. The van der Waals surface area contributed by atoms with Gasteiger partial charge in [-0.1, -0.05) is 76.2 Å². The zero-order valence-corrected chi connectivity index (χ0v) is 21.1. The Morgan fingerprint density at radius 3 is 1.19 bits per heavy atom. The van der Waals surface area contributed by atoms with Gasteiger partial charge in [0.15, 0.2) is 11.6 Å². The van der Waals surface area contributed by atoms with Crippen molar-refractivity contribution >= 4 is 34.3 Å². The maximum Gasteiger partial charge on any atom is 0.196 e. The molecule has 0 atom stereocenters. The van der Waals surface area contributed by atoms with Crippen LogP contribution in [0.1, 0.15) is 82.5 Å². The van der Waals surface area contributed by atoms with Gasteiger partial charge in [-0.25, -0.2) is 0 Å². The lowest BCUT2D eigenvalue weighted by molar-refractivity contribution is 0.0980. The summed E-state index contributed by atoms with van der Waals surface area (Å²) in [7, 11) is 0. The molecule has 4 nitrogen and oxygen atoms in total. The number of anilines is 4. The molecule has 0 spiro atoms. The van der Waals surface area contributed by atoms with Gasteiger partial charge in [-0.2, -0.15) is 0 Å². The molecule has 2 N–H and O–H groups in total. The van der Waals surface area contributed by atoms with Crippen molar-refractivity contribution < 1.29 is 9.59 Å². The van der Waals surface area contributed by atoms with Gasteiger partial charge in [-0.3, -0.25) is 9.59 Å². The molecule has 0 heterocycles. The Kier molecular flexibility index (Phi) is 6.19. The van der Waals surface area contributed by atoms with Gasteiger partial charge in [0.1, 0.15) is 0 Å². The fourth-order valence-corrected chi connectivity index (χ4v) is 4.64. The molecule has 4 aromatic carbocycles. The normalized spacial score (nSPS) is 12.5. The van der Waals surface area contributed by atoms with Gasteiger partial charge < -0.3 is 10.6 Å². The van der Waals surface area contributed by atoms with Crippen molar-refractivity contribution in [2.45, 2.75) is 39.5 Å². The number of nitrogens with one attached hydrogen (secondary N) is 2. The van der Waals surface area contributed by atoms with Gasteiger partial charge in [0.05, 0.1) is 22.5 Å². The van der Waals surface area contributed by atoms with E-state index in [0.29, 0.717) is 45.5 Å². The Morgan fingerprint density at radius 1 is 0.500 bits per heavy atom. The SMILES string of the molecule is CC(C)c1ccc(Nc2ccc(Nc3ccc(C(C)C)cc3)c3c2C(=O)c2ccccc2C3=O)cc1. The number of hydrogen-bond acceptors (Lipinski definition) is 4. The molecule has 4 aromatic rings. The molecular formula is C32H30N2O2. The van der Waals surface area contributed by atoms with Crippen LogP contribution in [0.15, 0.2) is 84.9 Å². The second-order valence-electron chi connectivity index (χ2n) is 9.92. The summed E-state index contributed by atoms with van der Waals surface area (Å²) in [6.45, 7) is 8.62. The molecule has 5 rings (SSSR count). The molecule has 1 aliphatic carbocycles. The largest absolute Gasteiger partial charge is 0.355 e. The molecular weight excluding hydrogens is 444 g/mol. The number of hydrogen-bond donors (Lipinski definition) is 2.